The van der Waals surface area contributed by atoms with Crippen LogP contribution in [0.5, 0.6) is 5.75 Å². The monoisotopic (exact) mass is 377 g/mol. The van der Waals surface area contributed by atoms with Gasteiger partial charge in [-0.3, -0.25) is 4.79 Å². The van der Waals surface area contributed by atoms with Gasteiger partial charge in [-0.1, -0.05) is 30.3 Å². The molecular weight excluding hydrogens is 362 g/mol. The van der Waals surface area contributed by atoms with Gasteiger partial charge in [-0.2, -0.15) is 13.7 Å². The van der Waals surface area contributed by atoms with E-state index in [1.54, 1.807) is 31.2 Å². The number of nitriles is 1. The first-order valence-electron chi connectivity index (χ1n) is 8.06. The molecular formula is C21H15NO4S. The Morgan fingerprint density at radius 1 is 0.926 bits per heavy atom. The van der Waals surface area contributed by atoms with Crippen molar-refractivity contribution in [1.29, 1.82) is 5.26 Å². The summed E-state index contributed by atoms with van der Waals surface area (Å²) in [5.41, 5.74) is 1.77. The van der Waals surface area contributed by atoms with Crippen molar-refractivity contribution in [3.05, 3.63) is 95.1 Å². The van der Waals surface area contributed by atoms with Gasteiger partial charge >= 0.3 is 10.1 Å². The van der Waals surface area contributed by atoms with E-state index in [4.69, 9.17) is 9.44 Å². The molecule has 0 saturated carbocycles. The largest absolute Gasteiger partial charge is 0.379 e. The van der Waals surface area contributed by atoms with Crippen LogP contribution in [0.4, 0.5) is 0 Å². The second kappa shape index (κ2) is 7.44. The van der Waals surface area contributed by atoms with Crippen LogP contribution in [0.3, 0.4) is 0 Å². The van der Waals surface area contributed by atoms with Gasteiger partial charge in [-0.25, -0.2) is 0 Å². The van der Waals surface area contributed by atoms with Crippen LogP contribution in [0.15, 0.2) is 77.7 Å². The maximum Gasteiger partial charge on any atom is 0.339 e. The molecule has 0 spiro atoms. The third kappa shape index (κ3) is 4.05. The van der Waals surface area contributed by atoms with Crippen LogP contribution in [-0.2, 0) is 10.1 Å². The number of hydrogen-bond acceptors (Lipinski definition) is 5. The minimum absolute atomic E-state index is 0.00839. The number of rotatable bonds is 5. The van der Waals surface area contributed by atoms with Crippen LogP contribution >= 0.6 is 0 Å². The number of nitrogens with zero attached hydrogens (tertiary/aromatic N) is 1. The van der Waals surface area contributed by atoms with E-state index in [2.05, 4.69) is 0 Å². The summed E-state index contributed by atoms with van der Waals surface area (Å²) in [4.78, 5) is 12.4. The average molecular weight is 377 g/mol. The van der Waals surface area contributed by atoms with Gasteiger partial charge in [0, 0.05) is 11.1 Å². The number of aryl methyl sites for hydroxylation is 1. The molecule has 0 aliphatic heterocycles. The van der Waals surface area contributed by atoms with Gasteiger partial charge in [0.25, 0.3) is 0 Å². The molecule has 0 atom stereocenters. The normalized spacial score (nSPS) is 10.8. The van der Waals surface area contributed by atoms with Gasteiger partial charge < -0.3 is 4.18 Å². The van der Waals surface area contributed by atoms with Crippen LogP contribution in [0.2, 0.25) is 0 Å². The van der Waals surface area contributed by atoms with Crippen molar-refractivity contribution in [2.45, 2.75) is 11.8 Å². The second-order valence-electron chi connectivity index (χ2n) is 5.85. The Morgan fingerprint density at radius 3 is 2.15 bits per heavy atom. The predicted molar refractivity (Wildman–Crippen MR) is 100 cm³/mol. The summed E-state index contributed by atoms with van der Waals surface area (Å²) < 4.78 is 30.1. The number of hydrogen-bond donors (Lipinski definition) is 0. The first-order valence-corrected chi connectivity index (χ1v) is 9.46. The average Bonchev–Trinajstić information content (AvgIpc) is 2.68. The highest BCUT2D eigenvalue weighted by Gasteiger charge is 2.20. The molecule has 134 valence electrons. The Balaban J connectivity index is 1.82. The Morgan fingerprint density at radius 2 is 1.56 bits per heavy atom. The van der Waals surface area contributed by atoms with Crippen LogP contribution in [0.1, 0.15) is 27.0 Å². The number of ketones is 1. The second-order valence-corrected chi connectivity index (χ2v) is 7.36. The summed E-state index contributed by atoms with van der Waals surface area (Å²) in [7, 11) is -4.05. The molecule has 0 saturated heterocycles. The quantitative estimate of drug-likeness (QED) is 0.498. The molecule has 0 aliphatic rings. The van der Waals surface area contributed by atoms with Crippen molar-refractivity contribution in [3.8, 4) is 11.8 Å². The molecule has 3 aromatic carbocycles. The standard InChI is InChI=1S/C21H15NO4S/c1-15-13-16(14-22)7-12-20(15)27(24,25)26-19-10-8-18(9-11-19)21(23)17-5-3-2-4-6-17/h2-13H,1H3. The number of benzene rings is 3. The minimum atomic E-state index is -4.05. The molecule has 27 heavy (non-hydrogen) atoms. The van der Waals surface area contributed by atoms with E-state index in [-0.39, 0.29) is 16.4 Å². The topological polar surface area (TPSA) is 84.2 Å². The predicted octanol–water partition coefficient (Wildman–Crippen LogP) is 3.87. The lowest BCUT2D eigenvalue weighted by atomic mass is 10.0. The highest BCUT2D eigenvalue weighted by Crippen LogP contribution is 2.23. The fourth-order valence-corrected chi connectivity index (χ4v) is 3.73. The Bertz CT molecular complexity index is 1130. The Labute approximate surface area is 157 Å². The zero-order valence-corrected chi connectivity index (χ0v) is 15.2. The van der Waals surface area contributed by atoms with Gasteiger partial charge in [0.05, 0.1) is 11.6 Å². The first-order chi connectivity index (χ1) is 12.9. The molecule has 0 aliphatic carbocycles. The Kier molecular flexibility index (Phi) is 5.06. The zero-order chi connectivity index (χ0) is 19.4. The molecule has 5 nitrogen and oxygen atoms in total. The van der Waals surface area contributed by atoms with Crippen molar-refractivity contribution in [2.75, 3.05) is 0 Å². The molecule has 6 heteroatoms. The third-order valence-corrected chi connectivity index (χ3v) is 5.34. The summed E-state index contributed by atoms with van der Waals surface area (Å²) in [5, 5.41) is 8.89. The molecule has 3 aromatic rings. The summed E-state index contributed by atoms with van der Waals surface area (Å²) in [5.74, 6) is -0.0590. The molecule has 0 aromatic heterocycles. The van der Waals surface area contributed by atoms with Crippen LogP contribution in [0.25, 0.3) is 0 Å². The van der Waals surface area contributed by atoms with E-state index in [0.717, 1.165) is 0 Å². The third-order valence-electron chi connectivity index (χ3n) is 3.93. The fourth-order valence-electron chi connectivity index (χ4n) is 2.59. The molecule has 0 amide bonds. The molecule has 0 unspecified atom stereocenters. The zero-order valence-electron chi connectivity index (χ0n) is 14.4. The lowest BCUT2D eigenvalue weighted by Gasteiger charge is -2.10. The van der Waals surface area contributed by atoms with Crippen molar-refractivity contribution < 1.29 is 17.4 Å². The maximum absolute atomic E-state index is 12.5. The summed E-state index contributed by atoms with van der Waals surface area (Å²) in [6, 6.07) is 20.9. The van der Waals surface area contributed by atoms with Gasteiger partial charge in [0.15, 0.2) is 5.78 Å². The van der Waals surface area contributed by atoms with Gasteiger partial charge in [0.2, 0.25) is 0 Å². The number of carbonyl (C=O) groups excluding carboxylic acids is 1. The molecule has 0 bridgehead atoms. The molecule has 0 fully saturated rings. The summed E-state index contributed by atoms with van der Waals surface area (Å²) in [6.45, 7) is 1.60. The van der Waals surface area contributed by atoms with Crippen LogP contribution < -0.4 is 4.18 Å². The van der Waals surface area contributed by atoms with Crippen molar-refractivity contribution >= 4 is 15.9 Å². The van der Waals surface area contributed by atoms with E-state index < -0.39 is 10.1 Å². The lowest BCUT2D eigenvalue weighted by molar-refractivity contribution is 0.103. The molecule has 0 heterocycles. The summed E-state index contributed by atoms with van der Waals surface area (Å²) >= 11 is 0. The van der Waals surface area contributed by atoms with E-state index in [9.17, 15) is 13.2 Å². The molecule has 0 N–H and O–H groups in total. The number of carbonyl (C=O) groups is 1. The first kappa shape index (κ1) is 18.4. The SMILES string of the molecule is Cc1cc(C#N)ccc1S(=O)(=O)Oc1ccc(C(=O)c2ccccc2)cc1. The van der Waals surface area contributed by atoms with Crippen molar-refractivity contribution in [2.24, 2.45) is 0 Å². The van der Waals surface area contributed by atoms with Crippen LogP contribution in [-0.4, -0.2) is 14.2 Å². The maximum atomic E-state index is 12.5. The Hall–Kier alpha value is -3.43. The minimum Gasteiger partial charge on any atom is -0.379 e. The van der Waals surface area contributed by atoms with Gasteiger partial charge in [-0.15, -0.1) is 0 Å². The van der Waals surface area contributed by atoms with E-state index in [1.807, 2.05) is 12.1 Å². The highest BCUT2D eigenvalue weighted by atomic mass is 32.2. The van der Waals surface area contributed by atoms with Crippen LogP contribution in [0, 0.1) is 18.3 Å². The lowest BCUT2D eigenvalue weighted by Crippen LogP contribution is -2.11. The van der Waals surface area contributed by atoms with E-state index in [0.29, 0.717) is 22.3 Å². The van der Waals surface area contributed by atoms with Crippen molar-refractivity contribution in [1.82, 2.24) is 0 Å². The highest BCUT2D eigenvalue weighted by molar-refractivity contribution is 7.87. The van der Waals surface area contributed by atoms with E-state index >= 15 is 0 Å². The molecule has 0 radical (unpaired) electrons. The van der Waals surface area contributed by atoms with Gasteiger partial charge in [0.1, 0.15) is 10.6 Å². The van der Waals surface area contributed by atoms with E-state index in [1.165, 1.54) is 42.5 Å². The summed E-state index contributed by atoms with van der Waals surface area (Å²) in [6.07, 6.45) is 0. The fraction of sp³-hybridized carbons (Fsp3) is 0.0476. The smallest absolute Gasteiger partial charge is 0.339 e. The van der Waals surface area contributed by atoms with Gasteiger partial charge in [-0.05, 0) is 55.0 Å². The molecule has 3 rings (SSSR count). The van der Waals surface area contributed by atoms with Crippen molar-refractivity contribution in [3.63, 3.8) is 0 Å².